The highest BCUT2D eigenvalue weighted by Gasteiger charge is 2.15. The van der Waals surface area contributed by atoms with Gasteiger partial charge in [-0.15, -0.1) is 0 Å². The van der Waals surface area contributed by atoms with Crippen molar-refractivity contribution in [2.24, 2.45) is 7.05 Å². The van der Waals surface area contributed by atoms with Gasteiger partial charge >= 0.3 is 0 Å². The Balaban J connectivity index is 1.65. The first-order valence-corrected chi connectivity index (χ1v) is 7.06. The fourth-order valence-corrected chi connectivity index (χ4v) is 2.13. The van der Waals surface area contributed by atoms with E-state index in [4.69, 9.17) is 4.74 Å². The maximum Gasteiger partial charge on any atom is 0.278 e. The van der Waals surface area contributed by atoms with Crippen LogP contribution in [0.4, 0.5) is 0 Å². The van der Waals surface area contributed by atoms with Crippen LogP contribution in [0.25, 0.3) is 11.2 Å². The van der Waals surface area contributed by atoms with Gasteiger partial charge in [-0.3, -0.25) is 4.79 Å². The minimum atomic E-state index is -0.228. The Morgan fingerprint density at radius 2 is 2.22 bits per heavy atom. The van der Waals surface area contributed by atoms with Gasteiger partial charge < -0.3 is 14.6 Å². The molecule has 0 aliphatic carbocycles. The summed E-state index contributed by atoms with van der Waals surface area (Å²) in [5, 5.41) is 9.99. The Labute approximate surface area is 131 Å². The van der Waals surface area contributed by atoms with Gasteiger partial charge in [-0.05, 0) is 25.1 Å². The number of nitrogens with zero attached hydrogens (tertiary/aromatic N) is 5. The summed E-state index contributed by atoms with van der Waals surface area (Å²) >= 11 is 0. The van der Waals surface area contributed by atoms with Gasteiger partial charge in [0.25, 0.3) is 11.8 Å². The van der Waals surface area contributed by atoms with Crippen molar-refractivity contribution < 1.29 is 14.2 Å². The van der Waals surface area contributed by atoms with E-state index in [1.807, 2.05) is 18.5 Å². The van der Waals surface area contributed by atoms with Gasteiger partial charge in [0.1, 0.15) is 23.6 Å². The molecule has 1 amide bonds. The molecule has 0 radical (unpaired) electrons. The van der Waals surface area contributed by atoms with E-state index in [0.717, 1.165) is 5.82 Å². The highest BCUT2D eigenvalue weighted by atomic mass is 16.6. The molecule has 0 saturated carbocycles. The number of aromatic nitrogens is 5. The van der Waals surface area contributed by atoms with Crippen molar-refractivity contribution in [1.82, 2.24) is 30.2 Å². The van der Waals surface area contributed by atoms with Gasteiger partial charge in [0.15, 0.2) is 5.65 Å². The van der Waals surface area contributed by atoms with Crippen molar-refractivity contribution >= 4 is 17.1 Å². The van der Waals surface area contributed by atoms with Crippen molar-refractivity contribution in [3.63, 3.8) is 0 Å². The normalized spacial score (nSPS) is 10.9. The number of carbonyl (C=O) groups excluding carboxylic acids is 1. The van der Waals surface area contributed by atoms with E-state index in [2.05, 4.69) is 30.2 Å². The van der Waals surface area contributed by atoms with Gasteiger partial charge in [0.05, 0.1) is 12.1 Å². The molecule has 3 heterocycles. The SMILES string of the molecule is Cc1nonc1OCCNC(=O)c1ccnc2c1nc(C)n2C. The molecule has 23 heavy (non-hydrogen) atoms. The first kappa shape index (κ1) is 14.9. The predicted molar refractivity (Wildman–Crippen MR) is 80.1 cm³/mol. The molecule has 3 aromatic heterocycles. The zero-order valence-electron chi connectivity index (χ0n) is 13.0. The van der Waals surface area contributed by atoms with E-state index in [0.29, 0.717) is 34.8 Å². The summed E-state index contributed by atoms with van der Waals surface area (Å²) in [6.07, 6.45) is 1.60. The summed E-state index contributed by atoms with van der Waals surface area (Å²) in [5.74, 6) is 0.894. The number of imidazole rings is 1. The van der Waals surface area contributed by atoms with Gasteiger partial charge in [-0.1, -0.05) is 5.16 Å². The number of hydrogen-bond donors (Lipinski definition) is 1. The number of fused-ring (bicyclic) bond motifs is 1. The fraction of sp³-hybridized carbons (Fsp3) is 0.357. The lowest BCUT2D eigenvalue weighted by molar-refractivity contribution is 0.0947. The van der Waals surface area contributed by atoms with Crippen molar-refractivity contribution in [2.45, 2.75) is 13.8 Å². The number of aryl methyl sites for hydroxylation is 3. The monoisotopic (exact) mass is 316 g/mol. The summed E-state index contributed by atoms with van der Waals surface area (Å²) < 4.78 is 11.7. The van der Waals surface area contributed by atoms with Crippen LogP contribution in [-0.2, 0) is 7.05 Å². The average Bonchev–Trinajstić information content (AvgIpc) is 3.07. The summed E-state index contributed by atoms with van der Waals surface area (Å²) in [6, 6.07) is 1.65. The Morgan fingerprint density at radius 3 is 2.96 bits per heavy atom. The smallest absolute Gasteiger partial charge is 0.278 e. The highest BCUT2D eigenvalue weighted by Crippen LogP contribution is 2.16. The number of ether oxygens (including phenoxy) is 1. The molecule has 0 spiro atoms. The molecule has 3 aromatic rings. The lowest BCUT2D eigenvalue weighted by Gasteiger charge is -2.06. The zero-order valence-corrected chi connectivity index (χ0v) is 13.0. The van der Waals surface area contributed by atoms with Crippen LogP contribution in [0.1, 0.15) is 21.9 Å². The fourth-order valence-electron chi connectivity index (χ4n) is 2.13. The van der Waals surface area contributed by atoms with Gasteiger partial charge in [0.2, 0.25) is 0 Å². The lowest BCUT2D eigenvalue weighted by atomic mass is 10.2. The van der Waals surface area contributed by atoms with E-state index in [1.165, 1.54) is 0 Å². The minimum absolute atomic E-state index is 0.228. The first-order valence-electron chi connectivity index (χ1n) is 7.06. The molecular weight excluding hydrogens is 300 g/mol. The Morgan fingerprint density at radius 1 is 1.39 bits per heavy atom. The Kier molecular flexibility index (Phi) is 3.92. The molecule has 120 valence electrons. The van der Waals surface area contributed by atoms with Gasteiger partial charge in [-0.2, -0.15) is 0 Å². The van der Waals surface area contributed by atoms with Crippen molar-refractivity contribution in [1.29, 1.82) is 0 Å². The number of rotatable bonds is 5. The van der Waals surface area contributed by atoms with Crippen LogP contribution in [-0.4, -0.2) is 43.9 Å². The summed E-state index contributed by atoms with van der Waals surface area (Å²) in [5.41, 5.74) is 2.31. The van der Waals surface area contributed by atoms with Crippen LogP contribution < -0.4 is 10.1 Å². The molecular formula is C14H16N6O3. The second kappa shape index (κ2) is 6.03. The molecule has 0 aliphatic heterocycles. The van der Waals surface area contributed by atoms with Crippen molar-refractivity contribution in [3.8, 4) is 5.88 Å². The third-order valence-electron chi connectivity index (χ3n) is 3.46. The second-order valence-electron chi connectivity index (χ2n) is 5.01. The number of amides is 1. The summed E-state index contributed by atoms with van der Waals surface area (Å²) in [6.45, 7) is 4.17. The number of nitrogens with one attached hydrogen (secondary N) is 1. The Hall–Kier alpha value is -2.97. The maximum atomic E-state index is 12.3. The van der Waals surface area contributed by atoms with Gasteiger partial charge in [0, 0.05) is 13.2 Å². The van der Waals surface area contributed by atoms with Crippen LogP contribution in [0, 0.1) is 13.8 Å². The molecule has 0 unspecified atom stereocenters. The average molecular weight is 316 g/mol. The summed E-state index contributed by atoms with van der Waals surface area (Å²) in [7, 11) is 1.86. The van der Waals surface area contributed by atoms with Crippen LogP contribution >= 0.6 is 0 Å². The Bertz CT molecular complexity index is 853. The quantitative estimate of drug-likeness (QED) is 0.693. The first-order chi connectivity index (χ1) is 11.1. The van der Waals surface area contributed by atoms with Crippen LogP contribution in [0.5, 0.6) is 5.88 Å². The molecule has 0 fully saturated rings. The zero-order chi connectivity index (χ0) is 16.4. The third kappa shape index (κ3) is 2.85. The molecule has 0 aromatic carbocycles. The van der Waals surface area contributed by atoms with Crippen molar-refractivity contribution in [3.05, 3.63) is 29.3 Å². The van der Waals surface area contributed by atoms with E-state index in [1.54, 1.807) is 19.2 Å². The molecule has 1 N–H and O–H groups in total. The van der Waals surface area contributed by atoms with E-state index in [9.17, 15) is 4.79 Å². The predicted octanol–water partition coefficient (Wildman–Crippen LogP) is 0.777. The number of hydrogen-bond acceptors (Lipinski definition) is 7. The molecule has 0 aliphatic rings. The van der Waals surface area contributed by atoms with E-state index in [-0.39, 0.29) is 12.5 Å². The molecule has 0 bridgehead atoms. The third-order valence-corrected chi connectivity index (χ3v) is 3.46. The molecule has 0 atom stereocenters. The van der Waals surface area contributed by atoms with Crippen molar-refractivity contribution in [2.75, 3.05) is 13.2 Å². The lowest BCUT2D eigenvalue weighted by Crippen LogP contribution is -2.28. The van der Waals surface area contributed by atoms with Gasteiger partial charge in [-0.25, -0.2) is 14.6 Å². The van der Waals surface area contributed by atoms with Crippen LogP contribution in [0.3, 0.4) is 0 Å². The number of carbonyl (C=O) groups is 1. The summed E-state index contributed by atoms with van der Waals surface area (Å²) in [4.78, 5) is 21.0. The highest BCUT2D eigenvalue weighted by molar-refractivity contribution is 6.04. The molecule has 0 saturated heterocycles. The molecule has 9 nitrogen and oxygen atoms in total. The van der Waals surface area contributed by atoms with E-state index >= 15 is 0 Å². The molecule has 3 rings (SSSR count). The largest absolute Gasteiger partial charge is 0.472 e. The second-order valence-corrected chi connectivity index (χ2v) is 5.01. The van der Waals surface area contributed by atoms with E-state index < -0.39 is 0 Å². The minimum Gasteiger partial charge on any atom is -0.472 e. The number of pyridine rings is 1. The van der Waals surface area contributed by atoms with Crippen LogP contribution in [0.2, 0.25) is 0 Å². The van der Waals surface area contributed by atoms with Crippen LogP contribution in [0.15, 0.2) is 16.9 Å². The topological polar surface area (TPSA) is 108 Å². The molecule has 9 heteroatoms. The maximum absolute atomic E-state index is 12.3. The standard InChI is InChI=1S/C14H16N6O3/c1-8-14(19-23-18-8)22-7-6-16-13(21)10-4-5-15-12-11(10)17-9(2)20(12)3/h4-5H,6-7H2,1-3H3,(H,16,21).